The van der Waals surface area contributed by atoms with E-state index in [0.717, 1.165) is 6.42 Å². The first-order valence-corrected chi connectivity index (χ1v) is 8.20. The Morgan fingerprint density at radius 3 is 2.74 bits per heavy atom. The summed E-state index contributed by atoms with van der Waals surface area (Å²) in [5, 5.41) is 1.70. The lowest BCUT2D eigenvalue weighted by Crippen LogP contribution is -2.55. The van der Waals surface area contributed by atoms with Gasteiger partial charge in [-0.1, -0.05) is 0 Å². The summed E-state index contributed by atoms with van der Waals surface area (Å²) in [4.78, 5) is 41.5. The highest BCUT2D eigenvalue weighted by Gasteiger charge is 2.53. The first-order chi connectivity index (χ1) is 11.1. The Morgan fingerprint density at radius 1 is 1.30 bits per heavy atom. The summed E-state index contributed by atoms with van der Waals surface area (Å²) in [6.45, 7) is 0.493. The van der Waals surface area contributed by atoms with E-state index in [-0.39, 0.29) is 11.8 Å². The van der Waals surface area contributed by atoms with Crippen LogP contribution in [0, 0.1) is 0 Å². The lowest BCUT2D eigenvalue weighted by Gasteiger charge is -2.37. The molecule has 1 atom stereocenters. The average molecular weight is 331 g/mol. The summed E-state index contributed by atoms with van der Waals surface area (Å²) in [5.41, 5.74) is 1.36. The van der Waals surface area contributed by atoms with Crippen molar-refractivity contribution in [2.75, 3.05) is 20.6 Å². The predicted octanol–water partition coefficient (Wildman–Crippen LogP) is 1.15. The molecule has 0 aromatic carbocycles. The van der Waals surface area contributed by atoms with Gasteiger partial charge in [-0.15, -0.1) is 11.3 Å². The number of nitrogens with zero attached hydrogens (tertiary/aromatic N) is 5. The van der Waals surface area contributed by atoms with Crippen LogP contribution in [0.2, 0.25) is 0 Å². The van der Waals surface area contributed by atoms with Gasteiger partial charge >= 0.3 is 0 Å². The zero-order valence-corrected chi connectivity index (χ0v) is 13.8. The molecule has 2 aromatic rings. The molecule has 3 heterocycles. The van der Waals surface area contributed by atoms with Gasteiger partial charge < -0.3 is 9.80 Å². The van der Waals surface area contributed by atoms with Gasteiger partial charge in [0.15, 0.2) is 5.54 Å². The molecule has 0 saturated carbocycles. The molecule has 7 nitrogen and oxygen atoms in total. The van der Waals surface area contributed by atoms with Gasteiger partial charge in [0.05, 0.1) is 17.4 Å². The molecule has 23 heavy (non-hydrogen) atoms. The number of aromatic nitrogens is 3. The number of carbonyl (C=O) groups excluding carboxylic acids is 2. The monoisotopic (exact) mass is 331 g/mol. The number of thiazole rings is 1. The van der Waals surface area contributed by atoms with Crippen LogP contribution >= 0.6 is 11.3 Å². The van der Waals surface area contributed by atoms with E-state index in [9.17, 15) is 9.59 Å². The van der Waals surface area contributed by atoms with Crippen molar-refractivity contribution in [2.24, 2.45) is 0 Å². The highest BCUT2D eigenvalue weighted by molar-refractivity contribution is 7.07. The first kappa shape index (κ1) is 15.5. The number of likely N-dealkylation sites (N-methyl/N-ethyl adjacent to an activating group) is 1. The van der Waals surface area contributed by atoms with E-state index in [2.05, 4.69) is 15.0 Å². The lowest BCUT2D eigenvalue weighted by molar-refractivity contribution is -0.140. The van der Waals surface area contributed by atoms with Crippen molar-refractivity contribution in [3.63, 3.8) is 0 Å². The normalized spacial score (nSPS) is 20.5. The van der Waals surface area contributed by atoms with Gasteiger partial charge in [-0.2, -0.15) is 0 Å². The maximum atomic E-state index is 13.0. The van der Waals surface area contributed by atoms with Crippen molar-refractivity contribution in [1.82, 2.24) is 24.8 Å². The van der Waals surface area contributed by atoms with Crippen LogP contribution in [-0.4, -0.2) is 57.2 Å². The fourth-order valence-corrected chi connectivity index (χ4v) is 3.56. The molecule has 1 aliphatic rings. The van der Waals surface area contributed by atoms with Crippen LogP contribution in [0.4, 0.5) is 0 Å². The highest BCUT2D eigenvalue weighted by atomic mass is 32.1. The molecule has 2 aromatic heterocycles. The molecule has 8 heteroatoms. The molecule has 2 amide bonds. The molecule has 3 rings (SSSR count). The average Bonchev–Trinajstić information content (AvgIpc) is 3.24. The molecule has 1 saturated heterocycles. The predicted molar refractivity (Wildman–Crippen MR) is 84.8 cm³/mol. The standard InChI is InChI=1S/C15H17N5O2S/c1-19(2)14(22)15(12-8-16-5-6-17-12)4-3-7-20(15)13(21)11-9-23-10-18-11/h5-6,8-10H,3-4,7H2,1-2H3. The second-order valence-corrected chi connectivity index (χ2v) is 6.30. The van der Waals surface area contributed by atoms with Gasteiger partial charge in [-0.25, -0.2) is 4.98 Å². The third-order valence-corrected chi connectivity index (χ3v) is 4.61. The topological polar surface area (TPSA) is 79.3 Å². The molecule has 1 fully saturated rings. The van der Waals surface area contributed by atoms with E-state index in [1.807, 2.05) is 0 Å². The maximum absolute atomic E-state index is 13.0. The molecular formula is C15H17N5O2S. The zero-order chi connectivity index (χ0) is 16.4. The Balaban J connectivity index is 2.11. The van der Waals surface area contributed by atoms with Crippen LogP contribution in [0.1, 0.15) is 29.0 Å². The van der Waals surface area contributed by atoms with Crippen molar-refractivity contribution in [2.45, 2.75) is 18.4 Å². The minimum absolute atomic E-state index is 0.168. The number of amides is 2. The molecule has 1 aliphatic heterocycles. The van der Waals surface area contributed by atoms with Crippen molar-refractivity contribution >= 4 is 23.2 Å². The number of carbonyl (C=O) groups is 2. The number of hydrogen-bond acceptors (Lipinski definition) is 6. The van der Waals surface area contributed by atoms with E-state index in [4.69, 9.17) is 0 Å². The molecular weight excluding hydrogens is 314 g/mol. The van der Waals surface area contributed by atoms with Crippen LogP contribution in [0.25, 0.3) is 0 Å². The molecule has 0 aliphatic carbocycles. The number of rotatable bonds is 3. The van der Waals surface area contributed by atoms with Crippen LogP contribution in [-0.2, 0) is 10.3 Å². The number of hydrogen-bond donors (Lipinski definition) is 0. The van der Waals surface area contributed by atoms with Crippen molar-refractivity contribution in [3.8, 4) is 0 Å². The van der Waals surface area contributed by atoms with Gasteiger partial charge in [-0.3, -0.25) is 19.6 Å². The molecule has 120 valence electrons. The summed E-state index contributed by atoms with van der Waals surface area (Å²) >= 11 is 1.36. The Morgan fingerprint density at radius 2 is 2.13 bits per heavy atom. The van der Waals surface area contributed by atoms with Gasteiger partial charge in [0.25, 0.3) is 11.8 Å². The SMILES string of the molecule is CN(C)C(=O)C1(c2cnccn2)CCCN1C(=O)c1cscn1. The summed E-state index contributed by atoms with van der Waals surface area (Å²) < 4.78 is 0. The minimum atomic E-state index is -1.11. The second-order valence-electron chi connectivity index (χ2n) is 5.58. The highest BCUT2D eigenvalue weighted by Crippen LogP contribution is 2.40. The summed E-state index contributed by atoms with van der Waals surface area (Å²) in [7, 11) is 3.37. The zero-order valence-electron chi connectivity index (χ0n) is 13.0. The van der Waals surface area contributed by atoms with Gasteiger partial charge in [0.1, 0.15) is 5.69 Å². The minimum Gasteiger partial charge on any atom is -0.346 e. The third-order valence-electron chi connectivity index (χ3n) is 4.02. The smallest absolute Gasteiger partial charge is 0.274 e. The Labute approximate surface area is 138 Å². The number of likely N-dealkylation sites (tertiary alicyclic amines) is 1. The summed E-state index contributed by atoms with van der Waals surface area (Å²) in [6, 6.07) is 0. The molecule has 1 unspecified atom stereocenters. The second kappa shape index (κ2) is 6.04. The van der Waals surface area contributed by atoms with E-state index in [1.165, 1.54) is 16.2 Å². The Kier molecular flexibility index (Phi) is 4.08. The fraction of sp³-hybridized carbons (Fsp3) is 0.400. The van der Waals surface area contributed by atoms with E-state index in [0.29, 0.717) is 24.4 Å². The van der Waals surface area contributed by atoms with E-state index < -0.39 is 5.54 Å². The van der Waals surface area contributed by atoms with Crippen LogP contribution in [0.5, 0.6) is 0 Å². The third kappa shape index (κ3) is 2.48. The van der Waals surface area contributed by atoms with Gasteiger partial charge in [0, 0.05) is 38.4 Å². The fourth-order valence-electron chi connectivity index (χ4n) is 3.03. The molecule has 0 radical (unpaired) electrons. The van der Waals surface area contributed by atoms with Crippen LogP contribution < -0.4 is 0 Å². The van der Waals surface area contributed by atoms with Crippen LogP contribution in [0.15, 0.2) is 29.5 Å². The van der Waals surface area contributed by atoms with Gasteiger partial charge in [-0.05, 0) is 12.8 Å². The molecule has 0 spiro atoms. The first-order valence-electron chi connectivity index (χ1n) is 7.26. The summed E-state index contributed by atoms with van der Waals surface area (Å²) in [5.74, 6) is -0.413. The molecule has 0 N–H and O–H groups in total. The maximum Gasteiger partial charge on any atom is 0.274 e. The molecule has 0 bridgehead atoms. The Bertz CT molecular complexity index is 704. The quantitative estimate of drug-likeness (QED) is 0.843. The summed E-state index contributed by atoms with van der Waals surface area (Å²) in [6.07, 6.45) is 5.92. The van der Waals surface area contributed by atoms with E-state index in [1.54, 1.807) is 48.5 Å². The van der Waals surface area contributed by atoms with E-state index >= 15 is 0 Å². The van der Waals surface area contributed by atoms with Crippen molar-refractivity contribution in [3.05, 3.63) is 40.9 Å². The lowest BCUT2D eigenvalue weighted by atomic mass is 9.90. The van der Waals surface area contributed by atoms with Gasteiger partial charge in [0.2, 0.25) is 0 Å². The van der Waals surface area contributed by atoms with Crippen molar-refractivity contribution < 1.29 is 9.59 Å². The largest absolute Gasteiger partial charge is 0.346 e. The Hall–Kier alpha value is -2.35. The van der Waals surface area contributed by atoms with Crippen LogP contribution in [0.3, 0.4) is 0 Å². The van der Waals surface area contributed by atoms with Crippen molar-refractivity contribution in [1.29, 1.82) is 0 Å².